The first-order chi connectivity index (χ1) is 8.83. The van der Waals surface area contributed by atoms with Crippen LogP contribution in [0.5, 0.6) is 0 Å². The SMILES string of the molecule is CC(C)CCCC(C)NC(=O)C1NCCCC1(C)C. The monoisotopic (exact) mass is 268 g/mol. The van der Waals surface area contributed by atoms with E-state index in [-0.39, 0.29) is 23.4 Å². The normalized spacial score (nSPS) is 24.2. The summed E-state index contributed by atoms with van der Waals surface area (Å²) in [5.41, 5.74) is 0.0694. The molecule has 3 heteroatoms. The van der Waals surface area contributed by atoms with E-state index in [2.05, 4.69) is 45.3 Å². The molecule has 19 heavy (non-hydrogen) atoms. The molecule has 1 heterocycles. The van der Waals surface area contributed by atoms with Gasteiger partial charge in [-0.25, -0.2) is 0 Å². The van der Waals surface area contributed by atoms with E-state index < -0.39 is 0 Å². The molecule has 1 amide bonds. The van der Waals surface area contributed by atoms with Gasteiger partial charge >= 0.3 is 0 Å². The largest absolute Gasteiger partial charge is 0.352 e. The number of hydrogen-bond donors (Lipinski definition) is 2. The molecule has 0 aromatic rings. The lowest BCUT2D eigenvalue weighted by Gasteiger charge is -2.38. The molecule has 2 unspecified atom stereocenters. The Kier molecular flexibility index (Phi) is 6.31. The van der Waals surface area contributed by atoms with Crippen molar-refractivity contribution in [3.05, 3.63) is 0 Å². The van der Waals surface area contributed by atoms with Gasteiger partial charge in [0, 0.05) is 6.04 Å². The molecule has 112 valence electrons. The van der Waals surface area contributed by atoms with E-state index in [1.165, 1.54) is 19.3 Å². The maximum Gasteiger partial charge on any atom is 0.237 e. The van der Waals surface area contributed by atoms with Gasteiger partial charge in [-0.15, -0.1) is 0 Å². The van der Waals surface area contributed by atoms with Gasteiger partial charge in [0.2, 0.25) is 5.91 Å². The second-order valence-corrected chi connectivity index (χ2v) is 7.21. The van der Waals surface area contributed by atoms with E-state index in [1.807, 2.05) is 0 Å². The van der Waals surface area contributed by atoms with Crippen molar-refractivity contribution in [3.63, 3.8) is 0 Å². The molecule has 1 saturated heterocycles. The molecule has 0 aromatic carbocycles. The van der Waals surface area contributed by atoms with Gasteiger partial charge in [-0.05, 0) is 44.1 Å². The maximum absolute atomic E-state index is 12.3. The van der Waals surface area contributed by atoms with Crippen molar-refractivity contribution in [2.24, 2.45) is 11.3 Å². The van der Waals surface area contributed by atoms with Gasteiger partial charge in [0.25, 0.3) is 0 Å². The molecule has 1 fully saturated rings. The van der Waals surface area contributed by atoms with Crippen molar-refractivity contribution < 1.29 is 4.79 Å². The Labute approximate surface area is 118 Å². The first-order valence-corrected chi connectivity index (χ1v) is 7.86. The van der Waals surface area contributed by atoms with Crippen LogP contribution in [-0.4, -0.2) is 24.5 Å². The third-order valence-electron chi connectivity index (χ3n) is 4.20. The highest BCUT2D eigenvalue weighted by atomic mass is 16.2. The second-order valence-electron chi connectivity index (χ2n) is 7.21. The molecule has 1 aliphatic rings. The Morgan fingerprint density at radius 3 is 2.58 bits per heavy atom. The van der Waals surface area contributed by atoms with Crippen LogP contribution in [0.4, 0.5) is 0 Å². The van der Waals surface area contributed by atoms with Gasteiger partial charge in [0.1, 0.15) is 0 Å². The van der Waals surface area contributed by atoms with E-state index in [0.717, 1.165) is 25.3 Å². The van der Waals surface area contributed by atoms with E-state index in [4.69, 9.17) is 0 Å². The summed E-state index contributed by atoms with van der Waals surface area (Å²) in [5, 5.41) is 6.55. The van der Waals surface area contributed by atoms with Crippen LogP contribution in [0.3, 0.4) is 0 Å². The summed E-state index contributed by atoms with van der Waals surface area (Å²) in [6.07, 6.45) is 5.81. The van der Waals surface area contributed by atoms with Crippen LogP contribution in [0, 0.1) is 11.3 Å². The molecule has 0 saturated carbocycles. The van der Waals surface area contributed by atoms with Gasteiger partial charge in [-0.3, -0.25) is 4.79 Å². The van der Waals surface area contributed by atoms with Crippen LogP contribution in [-0.2, 0) is 4.79 Å². The number of carbonyl (C=O) groups excluding carboxylic acids is 1. The molecule has 1 aliphatic heterocycles. The third kappa shape index (κ3) is 5.52. The fourth-order valence-electron chi connectivity index (χ4n) is 2.89. The summed E-state index contributed by atoms with van der Waals surface area (Å²) < 4.78 is 0. The minimum atomic E-state index is -0.0335. The lowest BCUT2D eigenvalue weighted by Crippen LogP contribution is -2.56. The Bertz CT molecular complexity index is 286. The van der Waals surface area contributed by atoms with Gasteiger partial charge in [-0.2, -0.15) is 0 Å². The zero-order chi connectivity index (χ0) is 14.5. The lowest BCUT2D eigenvalue weighted by atomic mass is 9.77. The number of piperidine rings is 1. The predicted octanol–water partition coefficient (Wildman–Crippen LogP) is 3.10. The second kappa shape index (κ2) is 7.28. The predicted molar refractivity (Wildman–Crippen MR) is 81.1 cm³/mol. The molecule has 0 bridgehead atoms. The van der Waals surface area contributed by atoms with Crippen LogP contribution in [0.2, 0.25) is 0 Å². The van der Waals surface area contributed by atoms with Crippen LogP contribution < -0.4 is 10.6 Å². The van der Waals surface area contributed by atoms with Crippen molar-refractivity contribution in [3.8, 4) is 0 Å². The maximum atomic E-state index is 12.3. The van der Waals surface area contributed by atoms with Gasteiger partial charge in [-0.1, -0.05) is 40.5 Å². The van der Waals surface area contributed by atoms with Crippen LogP contribution in [0.15, 0.2) is 0 Å². The Hall–Kier alpha value is -0.570. The topological polar surface area (TPSA) is 41.1 Å². The first kappa shape index (κ1) is 16.5. The molecule has 2 atom stereocenters. The molecule has 2 N–H and O–H groups in total. The number of amides is 1. The Morgan fingerprint density at radius 2 is 2.00 bits per heavy atom. The minimum absolute atomic E-state index is 0.0335. The number of hydrogen-bond acceptors (Lipinski definition) is 2. The molecular weight excluding hydrogens is 236 g/mol. The average molecular weight is 268 g/mol. The average Bonchev–Trinajstić information content (AvgIpc) is 2.27. The van der Waals surface area contributed by atoms with Gasteiger partial charge in [0.05, 0.1) is 6.04 Å². The van der Waals surface area contributed by atoms with Gasteiger partial charge < -0.3 is 10.6 Å². The molecular formula is C16H32N2O. The highest BCUT2D eigenvalue weighted by molar-refractivity contribution is 5.83. The fraction of sp³-hybridized carbons (Fsp3) is 0.938. The van der Waals surface area contributed by atoms with Crippen molar-refractivity contribution in [2.75, 3.05) is 6.54 Å². The first-order valence-electron chi connectivity index (χ1n) is 7.86. The summed E-state index contributed by atoms with van der Waals surface area (Å²) in [4.78, 5) is 12.3. The van der Waals surface area contributed by atoms with E-state index in [0.29, 0.717) is 0 Å². The van der Waals surface area contributed by atoms with E-state index in [9.17, 15) is 4.79 Å². The zero-order valence-electron chi connectivity index (χ0n) is 13.4. The number of nitrogens with one attached hydrogen (secondary N) is 2. The highest BCUT2D eigenvalue weighted by Crippen LogP contribution is 2.30. The van der Waals surface area contributed by atoms with E-state index in [1.54, 1.807) is 0 Å². The lowest BCUT2D eigenvalue weighted by molar-refractivity contribution is -0.127. The zero-order valence-corrected chi connectivity index (χ0v) is 13.4. The number of carbonyl (C=O) groups is 1. The summed E-state index contributed by atoms with van der Waals surface area (Å²) in [5.74, 6) is 0.934. The van der Waals surface area contributed by atoms with Crippen molar-refractivity contribution in [1.82, 2.24) is 10.6 Å². The molecule has 3 nitrogen and oxygen atoms in total. The highest BCUT2D eigenvalue weighted by Gasteiger charge is 2.37. The van der Waals surface area contributed by atoms with Gasteiger partial charge in [0.15, 0.2) is 0 Å². The molecule has 0 radical (unpaired) electrons. The van der Waals surface area contributed by atoms with Crippen LogP contribution in [0.25, 0.3) is 0 Å². The molecule has 0 spiro atoms. The van der Waals surface area contributed by atoms with Crippen molar-refractivity contribution in [2.45, 2.75) is 78.8 Å². The summed E-state index contributed by atoms with van der Waals surface area (Å²) in [6.45, 7) is 12.0. The Morgan fingerprint density at radius 1 is 1.32 bits per heavy atom. The summed E-state index contributed by atoms with van der Waals surface area (Å²) in [6, 6.07) is 0.250. The smallest absolute Gasteiger partial charge is 0.237 e. The standard InChI is InChI=1S/C16H32N2O/c1-12(2)8-6-9-13(3)18-15(19)14-16(4,5)10-7-11-17-14/h12-14,17H,6-11H2,1-5H3,(H,18,19). The number of rotatable bonds is 6. The van der Waals surface area contributed by atoms with E-state index >= 15 is 0 Å². The summed E-state index contributed by atoms with van der Waals surface area (Å²) in [7, 11) is 0. The minimum Gasteiger partial charge on any atom is -0.352 e. The van der Waals surface area contributed by atoms with Crippen molar-refractivity contribution in [1.29, 1.82) is 0 Å². The summed E-state index contributed by atoms with van der Waals surface area (Å²) >= 11 is 0. The quantitative estimate of drug-likeness (QED) is 0.777. The Balaban J connectivity index is 2.36. The third-order valence-corrected chi connectivity index (χ3v) is 4.20. The molecule has 0 aliphatic carbocycles. The van der Waals surface area contributed by atoms with Crippen LogP contribution >= 0.6 is 0 Å². The fourth-order valence-corrected chi connectivity index (χ4v) is 2.89. The molecule has 1 rings (SSSR count). The van der Waals surface area contributed by atoms with Crippen LogP contribution in [0.1, 0.15) is 66.7 Å². The molecule has 0 aromatic heterocycles. The van der Waals surface area contributed by atoms with Crippen molar-refractivity contribution >= 4 is 5.91 Å².